The number of hydrogen-bond donors (Lipinski definition) is 1. The van der Waals surface area contributed by atoms with Crippen molar-refractivity contribution in [3.63, 3.8) is 0 Å². The van der Waals surface area contributed by atoms with Gasteiger partial charge in [-0.1, -0.05) is 0 Å². The molecule has 1 N–H and O–H groups in total. The molecular formula is C16H31N3O. The van der Waals surface area contributed by atoms with Gasteiger partial charge in [0.2, 0.25) is 0 Å². The molecule has 3 aliphatic rings. The first-order valence-electron chi connectivity index (χ1n) is 8.53. The second kappa shape index (κ2) is 6.73. The van der Waals surface area contributed by atoms with E-state index in [1.54, 1.807) is 0 Å². The highest BCUT2D eigenvalue weighted by molar-refractivity contribution is 4.90. The van der Waals surface area contributed by atoms with Gasteiger partial charge in [-0.25, -0.2) is 0 Å². The summed E-state index contributed by atoms with van der Waals surface area (Å²) >= 11 is 0. The molecular weight excluding hydrogens is 250 g/mol. The smallest absolute Gasteiger partial charge is 0.0902 e. The van der Waals surface area contributed by atoms with E-state index in [-0.39, 0.29) is 5.60 Å². The van der Waals surface area contributed by atoms with Crippen molar-refractivity contribution in [1.82, 2.24) is 15.1 Å². The maximum Gasteiger partial charge on any atom is 0.0902 e. The topological polar surface area (TPSA) is 27.7 Å². The molecule has 0 atom stereocenters. The molecule has 0 aromatic carbocycles. The van der Waals surface area contributed by atoms with E-state index in [1.165, 1.54) is 58.4 Å². The van der Waals surface area contributed by atoms with Gasteiger partial charge in [-0.2, -0.15) is 0 Å². The highest BCUT2D eigenvalue weighted by atomic mass is 16.5. The van der Waals surface area contributed by atoms with Gasteiger partial charge in [0.05, 0.1) is 12.2 Å². The molecule has 0 spiro atoms. The molecule has 0 unspecified atom stereocenters. The van der Waals surface area contributed by atoms with Crippen molar-refractivity contribution in [3.05, 3.63) is 0 Å². The Labute approximate surface area is 123 Å². The van der Waals surface area contributed by atoms with Crippen LogP contribution in [0.5, 0.6) is 0 Å². The molecule has 116 valence electrons. The lowest BCUT2D eigenvalue weighted by molar-refractivity contribution is -0.0736. The first-order chi connectivity index (χ1) is 9.73. The molecule has 0 radical (unpaired) electrons. The van der Waals surface area contributed by atoms with Crippen molar-refractivity contribution >= 4 is 0 Å². The first kappa shape index (κ1) is 14.8. The fraction of sp³-hybridized carbons (Fsp3) is 1.00. The van der Waals surface area contributed by atoms with Gasteiger partial charge in [0.15, 0.2) is 0 Å². The standard InChI is InChI=1S/C16H31N3O/c1-16(13-17-14-16)20-11-10-18-8-4-15(5-9-18)12-19-6-2-3-7-19/h15,17H,2-14H2,1H3. The van der Waals surface area contributed by atoms with Gasteiger partial charge in [-0.05, 0) is 64.7 Å². The molecule has 4 nitrogen and oxygen atoms in total. The number of rotatable bonds is 6. The zero-order valence-electron chi connectivity index (χ0n) is 13.1. The van der Waals surface area contributed by atoms with E-state index in [1.807, 2.05) is 0 Å². The minimum atomic E-state index is 0.119. The molecule has 0 aromatic rings. The van der Waals surface area contributed by atoms with Gasteiger partial charge in [-0.3, -0.25) is 0 Å². The van der Waals surface area contributed by atoms with Gasteiger partial charge in [0.25, 0.3) is 0 Å². The quantitative estimate of drug-likeness (QED) is 0.791. The summed E-state index contributed by atoms with van der Waals surface area (Å²) in [5.74, 6) is 0.943. The summed E-state index contributed by atoms with van der Waals surface area (Å²) < 4.78 is 5.99. The Bertz CT molecular complexity index is 292. The monoisotopic (exact) mass is 281 g/mol. The summed E-state index contributed by atoms with van der Waals surface area (Å²) in [6.45, 7) is 12.9. The van der Waals surface area contributed by atoms with Gasteiger partial charge < -0.3 is 19.9 Å². The Morgan fingerprint density at radius 2 is 1.75 bits per heavy atom. The summed E-state index contributed by atoms with van der Waals surface area (Å²) in [5.41, 5.74) is 0.119. The first-order valence-corrected chi connectivity index (χ1v) is 8.53. The lowest BCUT2D eigenvalue weighted by Crippen LogP contribution is -2.59. The molecule has 3 fully saturated rings. The maximum atomic E-state index is 5.99. The number of likely N-dealkylation sites (tertiary alicyclic amines) is 2. The second-order valence-corrected chi connectivity index (χ2v) is 7.19. The van der Waals surface area contributed by atoms with Crippen LogP contribution in [0.4, 0.5) is 0 Å². The minimum absolute atomic E-state index is 0.119. The van der Waals surface area contributed by atoms with Crippen LogP contribution >= 0.6 is 0 Å². The summed E-state index contributed by atoms with van der Waals surface area (Å²) in [5, 5.41) is 3.29. The Morgan fingerprint density at radius 3 is 2.35 bits per heavy atom. The van der Waals surface area contributed by atoms with Gasteiger partial charge in [0, 0.05) is 26.2 Å². The van der Waals surface area contributed by atoms with E-state index >= 15 is 0 Å². The Hall–Kier alpha value is -0.160. The molecule has 20 heavy (non-hydrogen) atoms. The number of nitrogens with zero attached hydrogens (tertiary/aromatic N) is 2. The molecule has 3 saturated heterocycles. The number of ether oxygens (including phenoxy) is 1. The van der Waals surface area contributed by atoms with Crippen LogP contribution < -0.4 is 5.32 Å². The highest BCUT2D eigenvalue weighted by Crippen LogP contribution is 2.21. The van der Waals surface area contributed by atoms with Gasteiger partial charge in [-0.15, -0.1) is 0 Å². The molecule has 0 amide bonds. The van der Waals surface area contributed by atoms with Gasteiger partial charge >= 0.3 is 0 Å². The molecule has 0 aromatic heterocycles. The maximum absolute atomic E-state index is 5.99. The van der Waals surface area contributed by atoms with Crippen molar-refractivity contribution in [2.75, 3.05) is 59.0 Å². The van der Waals surface area contributed by atoms with Crippen molar-refractivity contribution in [2.24, 2.45) is 5.92 Å². The zero-order chi connectivity index (χ0) is 13.8. The van der Waals surface area contributed by atoms with Crippen LogP contribution in [0.2, 0.25) is 0 Å². The largest absolute Gasteiger partial charge is 0.371 e. The Kier molecular flexibility index (Phi) is 4.97. The predicted octanol–water partition coefficient (Wildman–Crippen LogP) is 1.17. The SMILES string of the molecule is CC1(OCCN2CCC(CN3CCCC3)CC2)CNC1. The minimum Gasteiger partial charge on any atom is -0.371 e. The normalized spacial score (nSPS) is 28.6. The van der Waals surface area contributed by atoms with Crippen molar-refractivity contribution in [3.8, 4) is 0 Å². The van der Waals surface area contributed by atoms with Crippen LogP contribution in [0.15, 0.2) is 0 Å². The van der Waals surface area contributed by atoms with E-state index in [4.69, 9.17) is 4.74 Å². The van der Waals surface area contributed by atoms with E-state index < -0.39 is 0 Å². The average molecular weight is 281 g/mol. The molecule has 3 rings (SSSR count). The summed E-state index contributed by atoms with van der Waals surface area (Å²) in [6, 6.07) is 0. The second-order valence-electron chi connectivity index (χ2n) is 7.19. The van der Waals surface area contributed by atoms with Crippen LogP contribution in [0.3, 0.4) is 0 Å². The number of piperidine rings is 1. The van der Waals surface area contributed by atoms with Crippen molar-refractivity contribution in [2.45, 2.75) is 38.2 Å². The molecule has 0 saturated carbocycles. The zero-order valence-corrected chi connectivity index (χ0v) is 13.1. The third-order valence-electron chi connectivity index (χ3n) is 5.28. The lowest BCUT2D eigenvalue weighted by Gasteiger charge is -2.40. The van der Waals surface area contributed by atoms with E-state index in [2.05, 4.69) is 22.0 Å². The van der Waals surface area contributed by atoms with E-state index in [0.29, 0.717) is 0 Å². The molecule has 3 heterocycles. The van der Waals surface area contributed by atoms with Crippen LogP contribution in [-0.4, -0.2) is 74.4 Å². The predicted molar refractivity (Wildman–Crippen MR) is 82.1 cm³/mol. The lowest BCUT2D eigenvalue weighted by atomic mass is 9.96. The third kappa shape index (κ3) is 3.94. The van der Waals surface area contributed by atoms with Crippen LogP contribution in [0.1, 0.15) is 32.6 Å². The van der Waals surface area contributed by atoms with E-state index in [9.17, 15) is 0 Å². The van der Waals surface area contributed by atoms with Crippen molar-refractivity contribution < 1.29 is 4.74 Å². The van der Waals surface area contributed by atoms with Gasteiger partial charge in [0.1, 0.15) is 0 Å². The van der Waals surface area contributed by atoms with Crippen LogP contribution in [-0.2, 0) is 4.74 Å². The molecule has 0 bridgehead atoms. The molecule has 3 aliphatic heterocycles. The van der Waals surface area contributed by atoms with Crippen molar-refractivity contribution in [1.29, 1.82) is 0 Å². The Morgan fingerprint density at radius 1 is 1.05 bits per heavy atom. The Balaban J connectivity index is 1.28. The summed E-state index contributed by atoms with van der Waals surface area (Å²) in [4.78, 5) is 5.27. The van der Waals surface area contributed by atoms with Crippen LogP contribution in [0, 0.1) is 5.92 Å². The third-order valence-corrected chi connectivity index (χ3v) is 5.28. The number of hydrogen-bond acceptors (Lipinski definition) is 4. The average Bonchev–Trinajstić information content (AvgIpc) is 2.92. The molecule has 4 heteroatoms. The highest BCUT2D eigenvalue weighted by Gasteiger charge is 2.32. The fourth-order valence-electron chi connectivity index (χ4n) is 3.72. The fourth-order valence-corrected chi connectivity index (χ4v) is 3.72. The molecule has 0 aliphatic carbocycles. The summed E-state index contributed by atoms with van der Waals surface area (Å²) in [7, 11) is 0. The van der Waals surface area contributed by atoms with E-state index in [0.717, 1.165) is 32.2 Å². The van der Waals surface area contributed by atoms with Crippen LogP contribution in [0.25, 0.3) is 0 Å². The number of nitrogens with one attached hydrogen (secondary N) is 1. The summed E-state index contributed by atoms with van der Waals surface area (Å²) in [6.07, 6.45) is 5.61.